The van der Waals surface area contributed by atoms with Crippen LogP contribution in [0.25, 0.3) is 0 Å². The van der Waals surface area contributed by atoms with Crippen LogP contribution in [0.1, 0.15) is 52.3 Å². The number of nitrogens with zero attached hydrogens (tertiary/aromatic N) is 3. The van der Waals surface area contributed by atoms with Gasteiger partial charge in [0, 0.05) is 47.2 Å². The molecule has 4 rings (SSSR count). The van der Waals surface area contributed by atoms with Gasteiger partial charge in [-0.3, -0.25) is 9.58 Å². The zero-order chi connectivity index (χ0) is 23.1. The van der Waals surface area contributed by atoms with E-state index in [-0.39, 0.29) is 30.1 Å². The van der Waals surface area contributed by atoms with Gasteiger partial charge >= 0.3 is 6.18 Å². The molecule has 0 bridgehead atoms. The highest BCUT2D eigenvalue weighted by molar-refractivity contribution is 7.12. The van der Waals surface area contributed by atoms with Gasteiger partial charge < -0.3 is 14.9 Å². The highest BCUT2D eigenvalue weighted by Gasteiger charge is 2.48. The van der Waals surface area contributed by atoms with Gasteiger partial charge in [0.1, 0.15) is 10.5 Å². The predicted octanol–water partition coefficient (Wildman–Crippen LogP) is 3.68. The number of fused-ring (bicyclic) bond motifs is 2. The molecule has 2 aliphatic heterocycles. The van der Waals surface area contributed by atoms with Gasteiger partial charge in [-0.05, 0) is 31.7 Å². The van der Waals surface area contributed by atoms with Crippen LogP contribution < -0.4 is 0 Å². The van der Waals surface area contributed by atoms with Gasteiger partial charge in [0.25, 0.3) is 0 Å². The topological polar surface area (TPSA) is 70.8 Å². The van der Waals surface area contributed by atoms with Gasteiger partial charge in [0.05, 0.1) is 32.1 Å². The Kier molecular flexibility index (Phi) is 6.91. The number of ether oxygens (including phenoxy) is 1. The Morgan fingerprint density at radius 3 is 2.81 bits per heavy atom. The minimum atomic E-state index is -4.48. The van der Waals surface area contributed by atoms with E-state index in [1.54, 1.807) is 10.9 Å². The van der Waals surface area contributed by atoms with Crippen LogP contribution in [0.3, 0.4) is 0 Å². The maximum Gasteiger partial charge on any atom is 0.425 e. The molecule has 2 aliphatic rings. The van der Waals surface area contributed by atoms with Crippen LogP contribution in [0.2, 0.25) is 0 Å². The Labute approximate surface area is 193 Å². The summed E-state index contributed by atoms with van der Waals surface area (Å²) >= 11 is 6.61. The van der Waals surface area contributed by atoms with E-state index in [9.17, 15) is 23.4 Å². The molecule has 4 heterocycles. The third-order valence-electron chi connectivity index (χ3n) is 6.53. The molecule has 11 heteroatoms. The lowest BCUT2D eigenvalue weighted by molar-refractivity contribution is -0.135. The van der Waals surface area contributed by atoms with Gasteiger partial charge in [-0.25, -0.2) is 0 Å². The summed E-state index contributed by atoms with van der Waals surface area (Å²) in [6.45, 7) is 3.02. The molecule has 0 radical (unpaired) electrons. The van der Waals surface area contributed by atoms with Gasteiger partial charge in [-0.2, -0.15) is 18.3 Å². The Morgan fingerprint density at radius 2 is 2.19 bits per heavy atom. The summed E-state index contributed by atoms with van der Waals surface area (Å²) in [6.07, 6.45) is 0.703. The number of halogens is 4. The van der Waals surface area contributed by atoms with E-state index >= 15 is 0 Å². The molecular formula is C21H27ClF3N3O3S. The second-order valence-electron chi connectivity index (χ2n) is 8.56. The monoisotopic (exact) mass is 493 g/mol. The molecule has 0 aliphatic carbocycles. The highest BCUT2D eigenvalue weighted by Crippen LogP contribution is 2.51. The summed E-state index contributed by atoms with van der Waals surface area (Å²) in [5.41, 5.74) is 0.876. The van der Waals surface area contributed by atoms with Crippen molar-refractivity contribution in [2.24, 2.45) is 0 Å². The second-order valence-corrected chi connectivity index (χ2v) is 9.89. The first-order chi connectivity index (χ1) is 15.2. The van der Waals surface area contributed by atoms with E-state index in [0.29, 0.717) is 49.4 Å². The van der Waals surface area contributed by atoms with Crippen LogP contribution in [-0.4, -0.2) is 56.6 Å². The van der Waals surface area contributed by atoms with Crippen molar-refractivity contribution >= 4 is 22.9 Å². The van der Waals surface area contributed by atoms with Crippen LogP contribution in [0.4, 0.5) is 13.2 Å². The highest BCUT2D eigenvalue weighted by atomic mass is 35.5. The van der Waals surface area contributed by atoms with Crippen LogP contribution >= 0.6 is 22.9 Å². The molecule has 2 aromatic heterocycles. The summed E-state index contributed by atoms with van der Waals surface area (Å²) in [5, 5.41) is 23.4. The van der Waals surface area contributed by atoms with E-state index in [0.717, 1.165) is 16.9 Å². The molecule has 2 N–H and O–H groups in total. The number of aliphatic hydroxyl groups excluding tert-OH is 2. The van der Waals surface area contributed by atoms with E-state index in [1.807, 2.05) is 6.20 Å². The number of likely N-dealkylation sites (tertiary alicyclic amines) is 1. The van der Waals surface area contributed by atoms with Crippen molar-refractivity contribution in [3.63, 3.8) is 0 Å². The Bertz CT molecular complexity index is 947. The fourth-order valence-electron chi connectivity index (χ4n) is 4.86. The quantitative estimate of drug-likeness (QED) is 0.601. The first-order valence-electron chi connectivity index (χ1n) is 10.6. The minimum Gasteiger partial charge on any atom is -0.394 e. The Balaban J connectivity index is 1.53. The molecule has 178 valence electrons. The average molecular weight is 494 g/mol. The summed E-state index contributed by atoms with van der Waals surface area (Å²) in [4.78, 5) is 2.20. The van der Waals surface area contributed by atoms with Gasteiger partial charge in [-0.1, -0.05) is 0 Å². The van der Waals surface area contributed by atoms with Crippen molar-refractivity contribution in [2.45, 2.75) is 63.2 Å². The number of aliphatic hydroxyl groups is 2. The summed E-state index contributed by atoms with van der Waals surface area (Å²) in [7, 11) is 0. The predicted molar refractivity (Wildman–Crippen MR) is 115 cm³/mol. The molecule has 0 amide bonds. The molecular weight excluding hydrogens is 467 g/mol. The molecule has 6 nitrogen and oxygen atoms in total. The van der Waals surface area contributed by atoms with Crippen molar-refractivity contribution in [3.05, 3.63) is 38.8 Å². The number of hydrogen-bond donors (Lipinski definition) is 2. The van der Waals surface area contributed by atoms with Crippen molar-refractivity contribution in [2.75, 3.05) is 25.6 Å². The number of rotatable bonds is 6. The lowest BCUT2D eigenvalue weighted by atomic mass is 9.81. The summed E-state index contributed by atoms with van der Waals surface area (Å²) in [6, 6.07) is -0.197. The van der Waals surface area contributed by atoms with E-state index < -0.39 is 23.3 Å². The summed E-state index contributed by atoms with van der Waals surface area (Å²) in [5.74, 6) is 0.260. The number of thiophene rings is 1. The van der Waals surface area contributed by atoms with E-state index in [2.05, 4.69) is 16.9 Å². The molecule has 3 atom stereocenters. The average Bonchev–Trinajstić information content (AvgIpc) is 3.36. The Morgan fingerprint density at radius 1 is 1.41 bits per heavy atom. The first-order valence-corrected chi connectivity index (χ1v) is 12.0. The molecule has 2 aromatic rings. The van der Waals surface area contributed by atoms with Crippen LogP contribution in [-0.2, 0) is 36.1 Å². The molecule has 0 aromatic carbocycles. The van der Waals surface area contributed by atoms with E-state index in [1.165, 1.54) is 0 Å². The first kappa shape index (κ1) is 24.0. The van der Waals surface area contributed by atoms with Crippen LogP contribution in [0, 0.1) is 0 Å². The largest absolute Gasteiger partial charge is 0.425 e. The normalized spacial score (nSPS) is 25.3. The smallest absolute Gasteiger partial charge is 0.394 e. The number of piperidine rings is 1. The van der Waals surface area contributed by atoms with E-state index in [4.69, 9.17) is 16.3 Å². The maximum absolute atomic E-state index is 13.6. The van der Waals surface area contributed by atoms with Crippen molar-refractivity contribution in [3.8, 4) is 0 Å². The van der Waals surface area contributed by atoms with Gasteiger partial charge in [0.15, 0.2) is 0 Å². The zero-order valence-electron chi connectivity index (χ0n) is 17.7. The van der Waals surface area contributed by atoms with Gasteiger partial charge in [0.2, 0.25) is 0 Å². The lowest BCUT2D eigenvalue weighted by Crippen LogP contribution is -2.50. The molecule has 1 unspecified atom stereocenters. The van der Waals surface area contributed by atoms with Crippen molar-refractivity contribution in [1.29, 1.82) is 0 Å². The van der Waals surface area contributed by atoms with Gasteiger partial charge in [-0.15, -0.1) is 22.9 Å². The summed E-state index contributed by atoms with van der Waals surface area (Å²) < 4.78 is 48.6. The SMILES string of the molecule is C[C@H]1C[C@@]2(CCN1Cc1cnn(C(CO)CCl)c1)OCCc1c2sc(C(F)(F)F)c1CO. The maximum atomic E-state index is 13.6. The molecule has 1 spiro atoms. The second kappa shape index (κ2) is 9.23. The molecule has 0 saturated carbocycles. The standard InChI is InChI=1S/C21H27ClF3N3O3S/c1-13-6-20(3-4-27(13)9-14-8-26-28(10-14)15(7-22)11-29)18-16(2-5-31-20)17(12-30)19(32-18)21(23,24)25/h8,10,13,15,29-30H,2-7,9,11-12H2,1H3/t13-,15?,20+/m0/s1. The molecule has 1 saturated heterocycles. The fourth-order valence-corrected chi connectivity index (χ4v) is 6.51. The van der Waals surface area contributed by atoms with Crippen molar-refractivity contribution < 1.29 is 28.1 Å². The van der Waals surface area contributed by atoms with Crippen LogP contribution in [0.15, 0.2) is 12.4 Å². The molecule has 32 heavy (non-hydrogen) atoms. The number of alkyl halides is 4. The number of aromatic nitrogens is 2. The fraction of sp³-hybridized carbons (Fsp3) is 0.667. The lowest BCUT2D eigenvalue weighted by Gasteiger charge is -2.47. The third kappa shape index (κ3) is 4.33. The molecule has 1 fully saturated rings. The third-order valence-corrected chi connectivity index (χ3v) is 8.39. The van der Waals surface area contributed by atoms with Crippen molar-refractivity contribution in [1.82, 2.24) is 14.7 Å². The van der Waals surface area contributed by atoms with Crippen LogP contribution in [0.5, 0.6) is 0 Å². The Hall–Kier alpha value is -1.17. The zero-order valence-corrected chi connectivity index (χ0v) is 19.3. The number of hydrogen-bond acceptors (Lipinski definition) is 6. The minimum absolute atomic E-state index is 0.0143.